The Balaban J connectivity index is 1.63. The molecule has 1 saturated carbocycles. The predicted octanol–water partition coefficient (Wildman–Crippen LogP) is 7.57. The fraction of sp³-hybridized carbons (Fsp3) is 0.286. The number of nitriles is 1. The van der Waals surface area contributed by atoms with Crippen molar-refractivity contribution in [2.45, 2.75) is 38.1 Å². The highest BCUT2D eigenvalue weighted by molar-refractivity contribution is 6.44. The number of rotatable bonds is 9. The zero-order valence-electron chi connectivity index (χ0n) is 20.4. The highest BCUT2D eigenvalue weighted by Crippen LogP contribution is 2.40. The Morgan fingerprint density at radius 1 is 1.08 bits per heavy atom. The molecule has 0 radical (unpaired) electrons. The minimum atomic E-state index is -4.81. The number of hydrogen-bond donors (Lipinski definition) is 0. The Morgan fingerprint density at radius 2 is 1.79 bits per heavy atom. The molecular weight excluding hydrogens is 538 g/mol. The highest BCUT2D eigenvalue weighted by atomic mass is 35.5. The molecule has 0 heterocycles. The first kappa shape index (κ1) is 27.6. The summed E-state index contributed by atoms with van der Waals surface area (Å²) in [7, 11) is 1.50. The SMILES string of the molecule is CN(C#N)c1ccc(Cl)c(Cl)c1C(=O)N(CCc1cccc(OC(F)(F)F)c1)Cc1ccc(C2CC2)cc1. The molecule has 1 amide bonds. The molecule has 0 saturated heterocycles. The number of carbonyl (C=O) groups excluding carboxylic acids is 1. The van der Waals surface area contributed by atoms with E-state index in [1.165, 1.54) is 54.6 Å². The first-order chi connectivity index (χ1) is 18.1. The van der Waals surface area contributed by atoms with Gasteiger partial charge in [-0.2, -0.15) is 5.26 Å². The predicted molar refractivity (Wildman–Crippen MR) is 140 cm³/mol. The highest BCUT2D eigenvalue weighted by Gasteiger charge is 2.31. The number of ether oxygens (including phenoxy) is 1. The van der Waals surface area contributed by atoms with Crippen molar-refractivity contribution in [3.8, 4) is 11.9 Å². The maximum atomic E-state index is 13.9. The lowest BCUT2D eigenvalue weighted by Crippen LogP contribution is -2.34. The Kier molecular flexibility index (Phi) is 8.39. The molecule has 0 N–H and O–H groups in total. The summed E-state index contributed by atoms with van der Waals surface area (Å²) in [5.74, 6) is -0.203. The van der Waals surface area contributed by atoms with Crippen LogP contribution in [-0.2, 0) is 13.0 Å². The topological polar surface area (TPSA) is 56.6 Å². The number of halogens is 5. The smallest absolute Gasteiger partial charge is 0.406 e. The molecule has 4 rings (SSSR count). The standard InChI is InChI=1S/C28H24Cl2F3N3O2/c1-35(17-34)24-12-11-23(29)26(30)25(24)27(37)36(16-19-5-7-20(8-6-19)21-9-10-21)14-13-18-3-2-4-22(15-18)38-28(31,32)33/h2-8,11-12,15,21H,9-10,13-14,16H2,1H3. The summed E-state index contributed by atoms with van der Waals surface area (Å²) in [4.78, 5) is 16.7. The molecule has 1 fully saturated rings. The molecule has 0 aliphatic heterocycles. The van der Waals surface area contributed by atoms with E-state index in [1.54, 1.807) is 17.0 Å². The second kappa shape index (κ2) is 11.5. The maximum absolute atomic E-state index is 13.9. The number of benzene rings is 3. The fourth-order valence-electron chi connectivity index (χ4n) is 4.18. The number of alkyl halides is 3. The van der Waals surface area contributed by atoms with Crippen LogP contribution in [0.3, 0.4) is 0 Å². The average Bonchev–Trinajstić information content (AvgIpc) is 3.72. The Hall–Kier alpha value is -3.41. The van der Waals surface area contributed by atoms with Gasteiger partial charge in [0.15, 0.2) is 6.19 Å². The van der Waals surface area contributed by atoms with Crippen LogP contribution < -0.4 is 9.64 Å². The van der Waals surface area contributed by atoms with Crippen molar-refractivity contribution in [3.63, 3.8) is 0 Å². The van der Waals surface area contributed by atoms with E-state index in [2.05, 4.69) is 16.9 Å². The van der Waals surface area contributed by atoms with Crippen LogP contribution in [0.25, 0.3) is 0 Å². The number of hydrogen-bond acceptors (Lipinski definition) is 4. The van der Waals surface area contributed by atoms with Crippen molar-refractivity contribution in [2.24, 2.45) is 0 Å². The van der Waals surface area contributed by atoms with Gasteiger partial charge in [0.2, 0.25) is 0 Å². The third-order valence-corrected chi connectivity index (χ3v) is 7.09. The molecule has 0 spiro atoms. The molecule has 10 heteroatoms. The lowest BCUT2D eigenvalue weighted by molar-refractivity contribution is -0.274. The van der Waals surface area contributed by atoms with Gasteiger partial charge in [-0.25, -0.2) is 0 Å². The quantitative estimate of drug-likeness (QED) is 0.199. The zero-order chi connectivity index (χ0) is 27.4. The molecule has 3 aromatic rings. The normalized spacial score (nSPS) is 13.1. The van der Waals surface area contributed by atoms with Gasteiger partial charge in [-0.15, -0.1) is 13.2 Å². The van der Waals surface area contributed by atoms with Crippen LogP contribution in [0, 0.1) is 11.5 Å². The van der Waals surface area contributed by atoms with Gasteiger partial charge in [-0.05, 0) is 66.1 Å². The Bertz CT molecular complexity index is 1350. The van der Waals surface area contributed by atoms with E-state index in [0.29, 0.717) is 17.2 Å². The molecular formula is C28H24Cl2F3N3O2. The van der Waals surface area contributed by atoms with Gasteiger partial charge in [-0.3, -0.25) is 9.69 Å². The van der Waals surface area contributed by atoms with Gasteiger partial charge in [0.25, 0.3) is 5.91 Å². The molecule has 38 heavy (non-hydrogen) atoms. The van der Waals surface area contributed by atoms with E-state index >= 15 is 0 Å². The van der Waals surface area contributed by atoms with Gasteiger partial charge in [0.05, 0.1) is 21.3 Å². The van der Waals surface area contributed by atoms with E-state index in [9.17, 15) is 23.2 Å². The average molecular weight is 562 g/mol. The van der Waals surface area contributed by atoms with Crippen LogP contribution in [0.2, 0.25) is 10.0 Å². The van der Waals surface area contributed by atoms with Crippen molar-refractivity contribution in [1.82, 2.24) is 4.90 Å². The lowest BCUT2D eigenvalue weighted by atomic mass is 10.1. The molecule has 1 aliphatic rings. The fourth-order valence-corrected chi connectivity index (χ4v) is 4.58. The summed E-state index contributed by atoms with van der Waals surface area (Å²) in [5.41, 5.74) is 3.06. The number of anilines is 1. The first-order valence-corrected chi connectivity index (χ1v) is 12.7. The van der Waals surface area contributed by atoms with Gasteiger partial charge in [0.1, 0.15) is 5.75 Å². The van der Waals surface area contributed by atoms with Crippen LogP contribution >= 0.6 is 23.2 Å². The van der Waals surface area contributed by atoms with Gasteiger partial charge >= 0.3 is 6.36 Å². The van der Waals surface area contributed by atoms with Gasteiger partial charge in [-0.1, -0.05) is 59.6 Å². The second-order valence-corrected chi connectivity index (χ2v) is 9.89. The zero-order valence-corrected chi connectivity index (χ0v) is 21.9. The van der Waals surface area contributed by atoms with Crippen LogP contribution in [0.4, 0.5) is 18.9 Å². The van der Waals surface area contributed by atoms with E-state index < -0.39 is 12.3 Å². The van der Waals surface area contributed by atoms with E-state index in [4.69, 9.17) is 23.2 Å². The van der Waals surface area contributed by atoms with E-state index in [-0.39, 0.29) is 40.9 Å². The van der Waals surface area contributed by atoms with Crippen molar-refractivity contribution in [3.05, 3.63) is 93.0 Å². The first-order valence-electron chi connectivity index (χ1n) is 11.9. The molecule has 0 atom stereocenters. The lowest BCUT2D eigenvalue weighted by Gasteiger charge is -2.26. The minimum absolute atomic E-state index is 0.0194. The summed E-state index contributed by atoms with van der Waals surface area (Å²) >= 11 is 12.7. The maximum Gasteiger partial charge on any atom is 0.573 e. The molecule has 5 nitrogen and oxygen atoms in total. The summed E-state index contributed by atoms with van der Waals surface area (Å²) in [6.45, 7) is 0.387. The van der Waals surface area contributed by atoms with Crippen molar-refractivity contribution in [2.75, 3.05) is 18.5 Å². The van der Waals surface area contributed by atoms with Crippen molar-refractivity contribution < 1.29 is 22.7 Å². The summed E-state index contributed by atoms with van der Waals surface area (Å²) in [6.07, 6.45) is -0.241. The molecule has 198 valence electrons. The molecule has 0 bridgehead atoms. The molecule has 3 aromatic carbocycles. The minimum Gasteiger partial charge on any atom is -0.406 e. The number of nitrogens with zero attached hydrogens (tertiary/aromatic N) is 3. The molecule has 1 aliphatic carbocycles. The van der Waals surface area contributed by atoms with Crippen LogP contribution in [0.1, 0.15) is 45.8 Å². The summed E-state index contributed by atoms with van der Waals surface area (Å²) in [5, 5.41) is 9.63. The molecule has 0 aromatic heterocycles. The summed E-state index contributed by atoms with van der Waals surface area (Å²) < 4.78 is 42.1. The Morgan fingerprint density at radius 3 is 2.42 bits per heavy atom. The molecule has 0 unspecified atom stereocenters. The number of amides is 1. The van der Waals surface area contributed by atoms with Crippen molar-refractivity contribution >= 4 is 34.8 Å². The third kappa shape index (κ3) is 6.91. The largest absolute Gasteiger partial charge is 0.573 e. The van der Waals surface area contributed by atoms with Crippen LogP contribution in [0.5, 0.6) is 5.75 Å². The van der Waals surface area contributed by atoms with E-state index in [1.807, 2.05) is 18.3 Å². The third-order valence-electron chi connectivity index (χ3n) is 6.29. The Labute approximate surface area is 228 Å². The summed E-state index contributed by atoms with van der Waals surface area (Å²) in [6, 6.07) is 16.7. The van der Waals surface area contributed by atoms with Gasteiger partial charge < -0.3 is 9.64 Å². The van der Waals surface area contributed by atoms with Crippen molar-refractivity contribution in [1.29, 1.82) is 5.26 Å². The van der Waals surface area contributed by atoms with E-state index in [0.717, 1.165) is 5.56 Å². The number of carbonyl (C=O) groups is 1. The van der Waals surface area contributed by atoms with Gasteiger partial charge in [0, 0.05) is 20.1 Å². The van der Waals surface area contributed by atoms with Crippen LogP contribution in [-0.4, -0.2) is 30.8 Å². The second-order valence-electron chi connectivity index (χ2n) is 9.10. The van der Waals surface area contributed by atoms with Crippen LogP contribution in [0.15, 0.2) is 60.7 Å². The monoisotopic (exact) mass is 561 g/mol.